The van der Waals surface area contributed by atoms with Gasteiger partial charge in [0.15, 0.2) is 0 Å². The highest BCUT2D eigenvalue weighted by atomic mass is 32.2. The third-order valence-electron chi connectivity index (χ3n) is 3.29. The first-order valence-corrected chi connectivity index (χ1v) is 7.91. The first-order valence-electron chi connectivity index (χ1n) is 6.51. The number of nitrogens with two attached hydrogens (primary N) is 1. The molecule has 0 bridgehead atoms. The maximum absolute atomic E-state index is 12.4. The van der Waals surface area contributed by atoms with Crippen molar-refractivity contribution in [2.24, 2.45) is 11.7 Å². The van der Waals surface area contributed by atoms with Crippen molar-refractivity contribution in [2.45, 2.75) is 33.1 Å². The Morgan fingerprint density at radius 2 is 2.12 bits per heavy atom. The van der Waals surface area contributed by atoms with Crippen LogP contribution in [0.3, 0.4) is 0 Å². The lowest BCUT2D eigenvalue weighted by atomic mass is 10.0. The lowest BCUT2D eigenvalue weighted by Crippen LogP contribution is -2.49. The van der Waals surface area contributed by atoms with Crippen LogP contribution in [0.4, 0.5) is 0 Å². The van der Waals surface area contributed by atoms with Crippen LogP contribution in [0.15, 0.2) is 0 Å². The Morgan fingerprint density at radius 3 is 2.65 bits per heavy atom. The molecule has 5 nitrogen and oxygen atoms in total. The van der Waals surface area contributed by atoms with Crippen molar-refractivity contribution in [1.82, 2.24) is 8.61 Å². The van der Waals surface area contributed by atoms with Crippen LogP contribution >= 0.6 is 0 Å². The summed E-state index contributed by atoms with van der Waals surface area (Å²) in [6.07, 6.45) is 2.81. The molecule has 0 aromatic rings. The van der Waals surface area contributed by atoms with Crippen molar-refractivity contribution >= 4 is 10.2 Å². The Kier molecular flexibility index (Phi) is 5.85. The second-order valence-electron chi connectivity index (χ2n) is 4.60. The second-order valence-corrected chi connectivity index (χ2v) is 6.53. The summed E-state index contributed by atoms with van der Waals surface area (Å²) in [5.74, 6) is 0.318. The lowest BCUT2D eigenvalue weighted by molar-refractivity contribution is 0.251. The zero-order valence-corrected chi connectivity index (χ0v) is 11.7. The monoisotopic (exact) mass is 263 g/mol. The molecule has 0 radical (unpaired) electrons. The van der Waals surface area contributed by atoms with E-state index in [4.69, 9.17) is 5.73 Å². The maximum Gasteiger partial charge on any atom is 0.281 e. The number of hydrogen-bond donors (Lipinski definition) is 1. The molecular formula is C11H25N3O2S. The van der Waals surface area contributed by atoms with E-state index in [1.165, 1.54) is 0 Å². The molecule has 17 heavy (non-hydrogen) atoms. The van der Waals surface area contributed by atoms with E-state index in [9.17, 15) is 8.42 Å². The van der Waals surface area contributed by atoms with Gasteiger partial charge in [0.05, 0.1) is 0 Å². The summed E-state index contributed by atoms with van der Waals surface area (Å²) in [7, 11) is -3.27. The predicted octanol–water partition coefficient (Wildman–Crippen LogP) is 0.634. The smallest absolute Gasteiger partial charge is 0.281 e. The number of nitrogens with zero attached hydrogens (tertiary/aromatic N) is 2. The fourth-order valence-corrected chi connectivity index (χ4v) is 4.10. The van der Waals surface area contributed by atoms with Crippen LogP contribution in [0.2, 0.25) is 0 Å². The summed E-state index contributed by atoms with van der Waals surface area (Å²) in [5.41, 5.74) is 5.64. The molecule has 1 atom stereocenters. The highest BCUT2D eigenvalue weighted by Gasteiger charge is 2.31. The highest BCUT2D eigenvalue weighted by Crippen LogP contribution is 2.20. The van der Waals surface area contributed by atoms with Gasteiger partial charge in [0, 0.05) is 26.2 Å². The molecule has 6 heteroatoms. The first-order chi connectivity index (χ1) is 8.06. The zero-order chi connectivity index (χ0) is 12.9. The van der Waals surface area contributed by atoms with Gasteiger partial charge in [0.2, 0.25) is 0 Å². The highest BCUT2D eigenvalue weighted by molar-refractivity contribution is 7.86. The molecule has 1 fully saturated rings. The van der Waals surface area contributed by atoms with Crippen molar-refractivity contribution in [3.63, 3.8) is 0 Å². The van der Waals surface area contributed by atoms with Gasteiger partial charge in [-0.3, -0.25) is 0 Å². The number of rotatable bonds is 6. The molecule has 1 aliphatic heterocycles. The SMILES string of the molecule is CCCN(CC)S(=O)(=O)N1CCCC(CN)C1. The average molecular weight is 263 g/mol. The van der Waals surface area contributed by atoms with E-state index in [0.717, 1.165) is 19.3 Å². The van der Waals surface area contributed by atoms with Crippen molar-refractivity contribution in [3.8, 4) is 0 Å². The van der Waals surface area contributed by atoms with Crippen LogP contribution < -0.4 is 5.73 Å². The predicted molar refractivity (Wildman–Crippen MR) is 69.8 cm³/mol. The van der Waals surface area contributed by atoms with E-state index >= 15 is 0 Å². The topological polar surface area (TPSA) is 66.6 Å². The zero-order valence-electron chi connectivity index (χ0n) is 10.9. The lowest BCUT2D eigenvalue weighted by Gasteiger charge is -2.34. The molecule has 0 aromatic heterocycles. The molecule has 0 spiro atoms. The van der Waals surface area contributed by atoms with Gasteiger partial charge >= 0.3 is 0 Å². The Hall–Kier alpha value is -0.170. The average Bonchev–Trinajstić information content (AvgIpc) is 2.35. The molecule has 0 aliphatic carbocycles. The van der Waals surface area contributed by atoms with E-state index < -0.39 is 10.2 Å². The van der Waals surface area contributed by atoms with Crippen LogP contribution in [0, 0.1) is 5.92 Å². The van der Waals surface area contributed by atoms with Crippen LogP contribution in [0.5, 0.6) is 0 Å². The van der Waals surface area contributed by atoms with Crippen LogP contribution in [0.25, 0.3) is 0 Å². The van der Waals surface area contributed by atoms with Gasteiger partial charge < -0.3 is 5.73 Å². The molecule has 0 saturated carbocycles. The molecule has 0 aromatic carbocycles. The van der Waals surface area contributed by atoms with Crippen LogP contribution in [0.1, 0.15) is 33.1 Å². The van der Waals surface area contributed by atoms with Crippen LogP contribution in [-0.4, -0.2) is 49.8 Å². The van der Waals surface area contributed by atoms with Crippen molar-refractivity contribution in [2.75, 3.05) is 32.7 Å². The van der Waals surface area contributed by atoms with Gasteiger partial charge in [-0.1, -0.05) is 13.8 Å². The summed E-state index contributed by atoms with van der Waals surface area (Å²) in [4.78, 5) is 0. The standard InChI is InChI=1S/C11H25N3O2S/c1-3-7-13(4-2)17(15,16)14-8-5-6-11(9-12)10-14/h11H,3-10,12H2,1-2H3. The number of hydrogen-bond acceptors (Lipinski definition) is 3. The first kappa shape index (κ1) is 14.9. The third kappa shape index (κ3) is 3.64. The van der Waals surface area contributed by atoms with E-state index in [0.29, 0.717) is 38.6 Å². The minimum Gasteiger partial charge on any atom is -0.330 e. The Bertz CT molecular complexity index is 319. The maximum atomic E-state index is 12.4. The Balaban J connectivity index is 2.74. The summed E-state index contributed by atoms with van der Waals surface area (Å²) < 4.78 is 27.9. The minimum atomic E-state index is -3.27. The van der Waals surface area contributed by atoms with Crippen molar-refractivity contribution in [1.29, 1.82) is 0 Å². The van der Waals surface area contributed by atoms with E-state index in [2.05, 4.69) is 0 Å². The Morgan fingerprint density at radius 1 is 1.41 bits per heavy atom. The van der Waals surface area contributed by atoms with E-state index in [-0.39, 0.29) is 0 Å². The minimum absolute atomic E-state index is 0.318. The van der Waals surface area contributed by atoms with Gasteiger partial charge in [-0.25, -0.2) is 0 Å². The molecule has 1 rings (SSSR count). The normalized spacial score (nSPS) is 23.2. The molecule has 0 amide bonds. The number of piperidine rings is 1. The molecule has 102 valence electrons. The second kappa shape index (κ2) is 6.68. The van der Waals surface area contributed by atoms with Gasteiger partial charge in [-0.2, -0.15) is 17.0 Å². The van der Waals surface area contributed by atoms with Crippen molar-refractivity contribution in [3.05, 3.63) is 0 Å². The van der Waals surface area contributed by atoms with Gasteiger partial charge in [0.1, 0.15) is 0 Å². The van der Waals surface area contributed by atoms with Gasteiger partial charge in [-0.05, 0) is 31.7 Å². The fourth-order valence-electron chi connectivity index (χ4n) is 2.28. The summed E-state index contributed by atoms with van der Waals surface area (Å²) in [6.45, 7) is 6.82. The molecule has 1 heterocycles. The van der Waals surface area contributed by atoms with Gasteiger partial charge in [-0.15, -0.1) is 0 Å². The summed E-state index contributed by atoms with van der Waals surface area (Å²) >= 11 is 0. The van der Waals surface area contributed by atoms with Crippen molar-refractivity contribution < 1.29 is 8.42 Å². The third-order valence-corrected chi connectivity index (χ3v) is 5.37. The fraction of sp³-hybridized carbons (Fsp3) is 1.00. The van der Waals surface area contributed by atoms with E-state index in [1.807, 2.05) is 13.8 Å². The summed E-state index contributed by atoms with van der Waals surface area (Å²) in [6, 6.07) is 0. The largest absolute Gasteiger partial charge is 0.330 e. The van der Waals surface area contributed by atoms with Crippen LogP contribution in [-0.2, 0) is 10.2 Å². The van der Waals surface area contributed by atoms with E-state index in [1.54, 1.807) is 8.61 Å². The Labute approximate surface area is 105 Å². The molecule has 1 unspecified atom stereocenters. The molecular weight excluding hydrogens is 238 g/mol. The molecule has 1 saturated heterocycles. The quantitative estimate of drug-likeness (QED) is 0.764. The van der Waals surface area contributed by atoms with Gasteiger partial charge in [0.25, 0.3) is 10.2 Å². The molecule has 1 aliphatic rings. The molecule has 2 N–H and O–H groups in total. The summed E-state index contributed by atoms with van der Waals surface area (Å²) in [5, 5.41) is 0.